The van der Waals surface area contributed by atoms with Gasteiger partial charge in [-0.3, -0.25) is 9.80 Å². The van der Waals surface area contributed by atoms with Crippen molar-refractivity contribution in [3.05, 3.63) is 71.8 Å². The highest BCUT2D eigenvalue weighted by molar-refractivity contribution is 5.32. The highest BCUT2D eigenvalue weighted by Crippen LogP contribution is 2.27. The molecule has 2 aliphatic heterocycles. The first kappa shape index (κ1) is 20.5. The lowest BCUT2D eigenvalue weighted by molar-refractivity contribution is 0.0526. The number of aliphatic hydroxyl groups is 1. The highest BCUT2D eigenvalue weighted by Gasteiger charge is 2.28. The number of hydrogen-bond donors (Lipinski definition) is 1. The fourth-order valence-corrected chi connectivity index (χ4v) is 4.99. The fraction of sp³-hybridized carbons (Fsp3) is 0.520. The van der Waals surface area contributed by atoms with E-state index < -0.39 is 0 Å². The van der Waals surface area contributed by atoms with Crippen molar-refractivity contribution < 1.29 is 5.11 Å². The van der Waals surface area contributed by atoms with E-state index in [1.807, 2.05) is 0 Å². The van der Waals surface area contributed by atoms with Gasteiger partial charge in [0.1, 0.15) is 0 Å². The Morgan fingerprint density at radius 1 is 0.724 bits per heavy atom. The summed E-state index contributed by atoms with van der Waals surface area (Å²) in [5.41, 5.74) is 2.83. The van der Waals surface area contributed by atoms with E-state index in [0.717, 1.165) is 45.3 Å². The molecule has 2 aromatic carbocycles. The van der Waals surface area contributed by atoms with Crippen LogP contribution < -0.4 is 0 Å². The lowest BCUT2D eigenvalue weighted by Crippen LogP contribution is -2.53. The number of piperazine rings is 1. The monoisotopic (exact) mass is 393 g/mol. The van der Waals surface area contributed by atoms with E-state index in [4.69, 9.17) is 5.11 Å². The minimum absolute atomic E-state index is 0.280. The molecule has 2 heterocycles. The first-order valence-electron chi connectivity index (χ1n) is 11.2. The Morgan fingerprint density at radius 2 is 1.28 bits per heavy atom. The van der Waals surface area contributed by atoms with Gasteiger partial charge in [-0.2, -0.15) is 0 Å². The molecule has 0 atom stereocenters. The van der Waals surface area contributed by atoms with Crippen LogP contribution in [-0.4, -0.2) is 84.8 Å². The number of β-amino-alcohol motifs (C(OH)–C–C–N with tert-alkyl or cyclic N) is 1. The van der Waals surface area contributed by atoms with Crippen molar-refractivity contribution in [3.8, 4) is 0 Å². The van der Waals surface area contributed by atoms with Crippen molar-refractivity contribution in [1.29, 1.82) is 0 Å². The van der Waals surface area contributed by atoms with Crippen molar-refractivity contribution in [2.75, 3.05) is 59.0 Å². The molecule has 2 aromatic rings. The quantitative estimate of drug-likeness (QED) is 0.783. The third-order valence-electron chi connectivity index (χ3n) is 6.74. The summed E-state index contributed by atoms with van der Waals surface area (Å²) in [7, 11) is 0. The zero-order chi connectivity index (χ0) is 19.9. The largest absolute Gasteiger partial charge is 0.395 e. The SMILES string of the molecule is OCCN1CCN(C2CCN(CC(c3ccccc3)c3ccccc3)CC2)CC1. The maximum atomic E-state index is 9.14. The summed E-state index contributed by atoms with van der Waals surface area (Å²) in [5.74, 6) is 0.441. The fourth-order valence-electron chi connectivity index (χ4n) is 4.99. The van der Waals surface area contributed by atoms with E-state index in [0.29, 0.717) is 5.92 Å². The molecule has 2 fully saturated rings. The molecule has 0 spiro atoms. The molecule has 0 aromatic heterocycles. The Bertz CT molecular complexity index is 668. The van der Waals surface area contributed by atoms with Crippen LogP contribution in [0.4, 0.5) is 0 Å². The van der Waals surface area contributed by atoms with Gasteiger partial charge in [0, 0.05) is 51.2 Å². The summed E-state index contributed by atoms with van der Waals surface area (Å²) in [6.07, 6.45) is 2.55. The summed E-state index contributed by atoms with van der Waals surface area (Å²) in [5, 5.41) is 9.14. The van der Waals surface area contributed by atoms with E-state index in [9.17, 15) is 0 Å². The van der Waals surface area contributed by atoms with E-state index in [-0.39, 0.29) is 6.61 Å². The summed E-state index contributed by atoms with van der Waals surface area (Å²) in [6.45, 7) is 9.10. The molecule has 1 N–H and O–H groups in total. The summed E-state index contributed by atoms with van der Waals surface area (Å²) < 4.78 is 0. The molecule has 29 heavy (non-hydrogen) atoms. The van der Waals surface area contributed by atoms with E-state index in [1.54, 1.807) is 0 Å². The molecule has 0 radical (unpaired) electrons. The van der Waals surface area contributed by atoms with Crippen LogP contribution in [0.15, 0.2) is 60.7 Å². The first-order chi connectivity index (χ1) is 14.3. The molecule has 4 heteroatoms. The number of nitrogens with zero attached hydrogens (tertiary/aromatic N) is 3. The van der Waals surface area contributed by atoms with Crippen LogP contribution in [0.1, 0.15) is 29.9 Å². The number of benzene rings is 2. The van der Waals surface area contributed by atoms with E-state index >= 15 is 0 Å². The standard InChI is InChI=1S/C25H35N3O/c29-20-19-26-15-17-28(18-16-26)24-11-13-27(14-12-24)21-25(22-7-3-1-4-8-22)23-9-5-2-6-10-23/h1-10,24-25,29H,11-21H2. The van der Waals surface area contributed by atoms with Crippen molar-refractivity contribution >= 4 is 0 Å². The maximum Gasteiger partial charge on any atom is 0.0558 e. The van der Waals surface area contributed by atoms with Crippen molar-refractivity contribution in [2.24, 2.45) is 0 Å². The van der Waals surface area contributed by atoms with Gasteiger partial charge in [0.05, 0.1) is 6.61 Å². The van der Waals surface area contributed by atoms with Crippen molar-refractivity contribution in [2.45, 2.75) is 24.8 Å². The lowest BCUT2D eigenvalue weighted by atomic mass is 9.90. The molecule has 0 saturated carbocycles. The lowest BCUT2D eigenvalue weighted by Gasteiger charge is -2.43. The van der Waals surface area contributed by atoms with E-state index in [2.05, 4.69) is 75.4 Å². The van der Waals surface area contributed by atoms with Crippen LogP contribution in [0.5, 0.6) is 0 Å². The van der Waals surface area contributed by atoms with Crippen molar-refractivity contribution in [3.63, 3.8) is 0 Å². The van der Waals surface area contributed by atoms with Gasteiger partial charge in [-0.1, -0.05) is 60.7 Å². The third-order valence-corrected chi connectivity index (χ3v) is 6.74. The van der Waals surface area contributed by atoms with Crippen LogP contribution in [0.25, 0.3) is 0 Å². The van der Waals surface area contributed by atoms with Gasteiger partial charge in [-0.05, 0) is 37.1 Å². The Kier molecular flexibility index (Phi) is 7.33. The molecule has 156 valence electrons. The molecule has 0 bridgehead atoms. The zero-order valence-electron chi connectivity index (χ0n) is 17.5. The van der Waals surface area contributed by atoms with Crippen LogP contribution >= 0.6 is 0 Å². The van der Waals surface area contributed by atoms with Crippen LogP contribution in [0.3, 0.4) is 0 Å². The molecule has 2 saturated heterocycles. The van der Waals surface area contributed by atoms with Gasteiger partial charge in [-0.25, -0.2) is 0 Å². The van der Waals surface area contributed by atoms with Gasteiger partial charge in [-0.15, -0.1) is 0 Å². The third kappa shape index (κ3) is 5.46. The van der Waals surface area contributed by atoms with E-state index in [1.165, 1.54) is 37.1 Å². The number of hydrogen-bond acceptors (Lipinski definition) is 4. The second kappa shape index (κ2) is 10.4. The van der Waals surface area contributed by atoms with Crippen LogP contribution in [-0.2, 0) is 0 Å². The Labute approximate surface area is 175 Å². The average molecular weight is 394 g/mol. The second-order valence-corrected chi connectivity index (χ2v) is 8.51. The van der Waals surface area contributed by atoms with Gasteiger partial charge in [0.2, 0.25) is 0 Å². The summed E-state index contributed by atoms with van der Waals surface area (Å²) in [4.78, 5) is 7.75. The number of aliphatic hydroxyl groups excluding tert-OH is 1. The first-order valence-corrected chi connectivity index (χ1v) is 11.2. The molecule has 2 aliphatic rings. The Morgan fingerprint density at radius 3 is 1.79 bits per heavy atom. The smallest absolute Gasteiger partial charge is 0.0558 e. The highest BCUT2D eigenvalue weighted by atomic mass is 16.3. The molecule has 0 unspecified atom stereocenters. The zero-order valence-corrected chi connectivity index (χ0v) is 17.5. The summed E-state index contributed by atoms with van der Waals surface area (Å²) in [6, 6.07) is 22.7. The molecule has 4 nitrogen and oxygen atoms in total. The average Bonchev–Trinajstić information content (AvgIpc) is 2.80. The predicted octanol–water partition coefficient (Wildman–Crippen LogP) is 2.89. The van der Waals surface area contributed by atoms with Gasteiger partial charge >= 0.3 is 0 Å². The second-order valence-electron chi connectivity index (χ2n) is 8.51. The molecule has 0 aliphatic carbocycles. The number of rotatable bonds is 7. The normalized spacial score (nSPS) is 20.3. The molecule has 4 rings (SSSR count). The topological polar surface area (TPSA) is 30.0 Å². The maximum absolute atomic E-state index is 9.14. The minimum Gasteiger partial charge on any atom is -0.395 e. The Hall–Kier alpha value is -1.72. The Balaban J connectivity index is 1.33. The number of piperidine rings is 1. The van der Waals surface area contributed by atoms with Gasteiger partial charge < -0.3 is 10.0 Å². The minimum atomic E-state index is 0.280. The van der Waals surface area contributed by atoms with Crippen molar-refractivity contribution in [1.82, 2.24) is 14.7 Å². The van der Waals surface area contributed by atoms with Gasteiger partial charge in [0.25, 0.3) is 0 Å². The molecular weight excluding hydrogens is 358 g/mol. The molecule has 0 amide bonds. The summed E-state index contributed by atoms with van der Waals surface area (Å²) >= 11 is 0. The number of likely N-dealkylation sites (tertiary alicyclic amines) is 1. The van der Waals surface area contributed by atoms with Gasteiger partial charge in [0.15, 0.2) is 0 Å². The predicted molar refractivity (Wildman–Crippen MR) is 119 cm³/mol. The van der Waals surface area contributed by atoms with Crippen LogP contribution in [0.2, 0.25) is 0 Å². The van der Waals surface area contributed by atoms with Crippen LogP contribution in [0, 0.1) is 0 Å². The molecular formula is C25H35N3O.